The normalized spacial score (nSPS) is 14.9. The number of nitrogens with one attached hydrogen (secondary N) is 1. The third-order valence-electron chi connectivity index (χ3n) is 8.13. The molecule has 0 bridgehead atoms. The zero-order valence-electron chi connectivity index (χ0n) is 20.1. The van der Waals surface area contributed by atoms with Gasteiger partial charge in [0.15, 0.2) is 0 Å². The molecular formula is C21H52N2Si3. The van der Waals surface area contributed by atoms with Crippen LogP contribution in [0.5, 0.6) is 0 Å². The molecule has 0 aromatic rings. The Morgan fingerprint density at radius 1 is 0.577 bits per heavy atom. The van der Waals surface area contributed by atoms with Crippen LogP contribution in [0.25, 0.3) is 0 Å². The quantitative estimate of drug-likeness (QED) is 0.282. The average Bonchev–Trinajstić information content (AvgIpc) is 2.69. The maximum atomic E-state index is 4.24. The fraction of sp³-hybridized carbons (Fsp3) is 1.00. The molecule has 158 valence electrons. The summed E-state index contributed by atoms with van der Waals surface area (Å²) >= 11 is 0. The molecule has 0 saturated carbocycles. The monoisotopic (exact) mass is 416 g/mol. The topological polar surface area (TPSA) is 15.3 Å². The highest BCUT2D eigenvalue weighted by molar-refractivity contribution is 6.92. The molecule has 1 atom stereocenters. The van der Waals surface area contributed by atoms with Gasteiger partial charge in [-0.1, -0.05) is 62.3 Å². The van der Waals surface area contributed by atoms with Crippen LogP contribution in [0.4, 0.5) is 0 Å². The third-order valence-corrected chi connectivity index (χ3v) is 26.7. The van der Waals surface area contributed by atoms with Crippen LogP contribution in [0.1, 0.15) is 69.2 Å². The summed E-state index contributed by atoms with van der Waals surface area (Å²) in [7, 11) is -3.96. The zero-order chi connectivity index (χ0) is 20.4. The Hall–Kier alpha value is 0.571. The number of rotatable bonds is 15. The van der Waals surface area contributed by atoms with Gasteiger partial charge in [-0.25, -0.2) is 0 Å². The molecule has 0 aromatic heterocycles. The zero-order valence-corrected chi connectivity index (χ0v) is 23.1. The fourth-order valence-corrected chi connectivity index (χ4v) is 22.2. The summed E-state index contributed by atoms with van der Waals surface area (Å²) in [6.45, 7) is 26.0. The Kier molecular flexibility index (Phi) is 12.5. The highest BCUT2D eigenvalue weighted by Crippen LogP contribution is 2.36. The van der Waals surface area contributed by atoms with E-state index in [4.69, 9.17) is 0 Å². The second-order valence-corrected chi connectivity index (χ2v) is 24.2. The van der Waals surface area contributed by atoms with Crippen LogP contribution in [-0.4, -0.2) is 41.5 Å². The van der Waals surface area contributed by atoms with Gasteiger partial charge in [-0.2, -0.15) is 0 Å². The smallest absolute Gasteiger partial charge is 0.125 e. The Balaban J connectivity index is 5.82. The van der Waals surface area contributed by atoms with Gasteiger partial charge in [0.25, 0.3) is 0 Å². The Morgan fingerprint density at radius 3 is 1.12 bits per heavy atom. The van der Waals surface area contributed by atoms with Gasteiger partial charge in [0.1, 0.15) is 24.7 Å². The van der Waals surface area contributed by atoms with Gasteiger partial charge in [0.05, 0.1) is 0 Å². The average molecular weight is 417 g/mol. The van der Waals surface area contributed by atoms with Crippen LogP contribution in [-0.2, 0) is 0 Å². The molecule has 0 fully saturated rings. The highest BCUT2D eigenvalue weighted by Gasteiger charge is 2.46. The van der Waals surface area contributed by atoms with Crippen LogP contribution in [0, 0.1) is 0 Å². The lowest BCUT2D eigenvalue weighted by Gasteiger charge is -2.53. The van der Waals surface area contributed by atoms with E-state index in [2.05, 4.69) is 78.5 Å². The molecule has 0 spiro atoms. The van der Waals surface area contributed by atoms with Crippen molar-refractivity contribution in [3.8, 4) is 0 Å². The summed E-state index contributed by atoms with van der Waals surface area (Å²) in [6.07, 6.45) is 0. The van der Waals surface area contributed by atoms with Crippen molar-refractivity contribution in [2.24, 2.45) is 0 Å². The molecule has 5 heteroatoms. The van der Waals surface area contributed by atoms with Crippen LogP contribution < -0.4 is 4.98 Å². The summed E-state index contributed by atoms with van der Waals surface area (Å²) < 4.78 is 3.25. The van der Waals surface area contributed by atoms with E-state index in [1.54, 1.807) is 0 Å². The lowest BCUT2D eigenvalue weighted by molar-refractivity contribution is 0.492. The molecule has 26 heavy (non-hydrogen) atoms. The molecular weight excluding hydrogens is 365 g/mol. The van der Waals surface area contributed by atoms with Gasteiger partial charge >= 0.3 is 0 Å². The Labute approximate surface area is 170 Å². The van der Waals surface area contributed by atoms with Gasteiger partial charge in [0, 0.05) is 6.04 Å². The van der Waals surface area contributed by atoms with Crippen molar-refractivity contribution in [2.45, 2.75) is 130 Å². The number of hydrogen-bond acceptors (Lipinski definition) is 2. The van der Waals surface area contributed by atoms with Crippen molar-refractivity contribution < 1.29 is 0 Å². The summed E-state index contributed by atoms with van der Waals surface area (Å²) in [4.78, 5) is 4.24. The lowest BCUT2D eigenvalue weighted by Crippen LogP contribution is -2.69. The Bertz CT molecular complexity index is 319. The summed E-state index contributed by atoms with van der Waals surface area (Å²) in [5.41, 5.74) is 0. The van der Waals surface area contributed by atoms with Crippen molar-refractivity contribution in [1.82, 2.24) is 9.21 Å². The summed E-state index contributed by atoms with van der Waals surface area (Å²) in [6, 6.07) is 13.4. The molecule has 0 aromatic carbocycles. The predicted octanol–water partition coefficient (Wildman–Crippen LogP) is 7.28. The van der Waals surface area contributed by atoms with E-state index in [1.165, 1.54) is 60.9 Å². The van der Waals surface area contributed by atoms with Gasteiger partial charge < -0.3 is 9.21 Å². The van der Waals surface area contributed by atoms with Crippen molar-refractivity contribution in [3.05, 3.63) is 0 Å². The first kappa shape index (κ1) is 26.6. The fourth-order valence-electron chi connectivity index (χ4n) is 5.43. The van der Waals surface area contributed by atoms with Crippen LogP contribution >= 0.6 is 0 Å². The standard InChI is InChI=1S/C21H52N2Si3/c1-11-24(12-2,13-3)22-21(10)20-23(25(14-4,15-5)16-6)26(17-7,18-8)19-9/h21-22H,11-20H2,1-10H3. The molecule has 1 unspecified atom stereocenters. The second kappa shape index (κ2) is 12.2. The third kappa shape index (κ3) is 5.79. The number of nitrogens with zero attached hydrogens (tertiary/aromatic N) is 1. The second-order valence-electron chi connectivity index (χ2n) is 8.57. The molecule has 1 N–H and O–H groups in total. The SMILES string of the molecule is CC[Si](CC)(CC)NC(C)CN([Si](CC)(CC)CC)[Si](CC)(CC)CC. The van der Waals surface area contributed by atoms with E-state index in [-0.39, 0.29) is 0 Å². The first-order valence-electron chi connectivity index (χ1n) is 11.8. The van der Waals surface area contributed by atoms with E-state index in [9.17, 15) is 0 Å². The molecule has 0 rings (SSSR count). The predicted molar refractivity (Wildman–Crippen MR) is 131 cm³/mol. The molecule has 0 aliphatic heterocycles. The van der Waals surface area contributed by atoms with E-state index < -0.39 is 24.7 Å². The van der Waals surface area contributed by atoms with Gasteiger partial charge in [0.2, 0.25) is 0 Å². The van der Waals surface area contributed by atoms with Crippen LogP contribution in [0.3, 0.4) is 0 Å². The largest absolute Gasteiger partial charge is 0.343 e. The van der Waals surface area contributed by atoms with E-state index in [0.717, 1.165) is 0 Å². The lowest BCUT2D eigenvalue weighted by atomic mass is 10.4. The van der Waals surface area contributed by atoms with Crippen LogP contribution in [0.2, 0.25) is 54.4 Å². The van der Waals surface area contributed by atoms with Crippen molar-refractivity contribution in [1.29, 1.82) is 0 Å². The van der Waals surface area contributed by atoms with Gasteiger partial charge in [-0.15, -0.1) is 0 Å². The van der Waals surface area contributed by atoms with Gasteiger partial charge in [-0.05, 0) is 67.9 Å². The minimum atomic E-state index is -1.34. The minimum Gasteiger partial charge on any atom is -0.343 e. The maximum absolute atomic E-state index is 4.24. The van der Waals surface area contributed by atoms with E-state index >= 15 is 0 Å². The first-order valence-corrected chi connectivity index (χ1v) is 19.6. The molecule has 0 saturated heterocycles. The molecule has 0 heterocycles. The summed E-state index contributed by atoms with van der Waals surface area (Å²) in [5.74, 6) is 0. The Morgan fingerprint density at radius 2 is 0.885 bits per heavy atom. The first-order chi connectivity index (χ1) is 12.3. The molecule has 0 radical (unpaired) electrons. The minimum absolute atomic E-state index is 0.648. The van der Waals surface area contributed by atoms with Crippen LogP contribution in [0.15, 0.2) is 0 Å². The van der Waals surface area contributed by atoms with E-state index in [1.807, 2.05) is 0 Å². The molecule has 2 nitrogen and oxygen atoms in total. The molecule has 0 aliphatic rings. The van der Waals surface area contributed by atoms with E-state index in [0.29, 0.717) is 6.04 Å². The number of hydrogen-bond donors (Lipinski definition) is 1. The highest BCUT2D eigenvalue weighted by atomic mass is 28.4. The molecule has 0 amide bonds. The van der Waals surface area contributed by atoms with Crippen molar-refractivity contribution in [2.75, 3.05) is 6.54 Å². The van der Waals surface area contributed by atoms with Crippen molar-refractivity contribution >= 4 is 24.7 Å². The maximum Gasteiger partial charge on any atom is 0.125 e. The van der Waals surface area contributed by atoms with Gasteiger partial charge in [-0.3, -0.25) is 0 Å². The summed E-state index contributed by atoms with van der Waals surface area (Å²) in [5, 5.41) is 0. The van der Waals surface area contributed by atoms with Crippen molar-refractivity contribution in [3.63, 3.8) is 0 Å². The molecule has 0 aliphatic carbocycles.